The van der Waals surface area contributed by atoms with E-state index in [2.05, 4.69) is 77.8 Å². The lowest BCUT2D eigenvalue weighted by Crippen LogP contribution is -2.44. The molecular weight excluding hydrogens is 810 g/mol. The molecule has 0 radical (unpaired) electrons. The second-order valence-corrected chi connectivity index (χ2v) is 17.9. The highest BCUT2D eigenvalue weighted by Gasteiger charge is 2.36. The van der Waals surface area contributed by atoms with Crippen molar-refractivity contribution in [3.8, 4) is 0 Å². The summed E-state index contributed by atoms with van der Waals surface area (Å²) < 4.78 is 4.37. The lowest BCUT2D eigenvalue weighted by Gasteiger charge is -2.37. The molecule has 6 aromatic rings. The zero-order valence-corrected chi connectivity index (χ0v) is 36.7. The summed E-state index contributed by atoms with van der Waals surface area (Å²) >= 11 is 13.0. The molecule has 62 heavy (non-hydrogen) atoms. The van der Waals surface area contributed by atoms with Gasteiger partial charge >= 0.3 is 7.05 Å². The van der Waals surface area contributed by atoms with Gasteiger partial charge in [-0.2, -0.15) is 0 Å². The van der Waals surface area contributed by atoms with Crippen LogP contribution >= 0.6 is 23.2 Å². The molecule has 10 rings (SSSR count). The molecule has 320 valence electrons. The zero-order chi connectivity index (χ0) is 42.0. The van der Waals surface area contributed by atoms with Crippen molar-refractivity contribution in [1.29, 1.82) is 0 Å². The first-order valence-electron chi connectivity index (χ1n) is 21.7. The lowest BCUT2D eigenvalue weighted by molar-refractivity contribution is 0.235. The maximum Gasteiger partial charge on any atom is 0.376 e. The van der Waals surface area contributed by atoms with Crippen LogP contribution in [-0.4, -0.2) is 72.1 Å². The van der Waals surface area contributed by atoms with Crippen LogP contribution in [0.2, 0.25) is 16.9 Å². The van der Waals surface area contributed by atoms with E-state index in [1.165, 1.54) is 63.1 Å². The molecular formula is C50H57BCl2N8O. The number of hydrogen-bond donors (Lipinski definition) is 2. The van der Waals surface area contributed by atoms with Crippen LogP contribution in [0.1, 0.15) is 101 Å². The van der Waals surface area contributed by atoms with Crippen LogP contribution in [-0.2, 0) is 13.1 Å². The van der Waals surface area contributed by atoms with Gasteiger partial charge in [-0.3, -0.25) is 9.97 Å². The van der Waals surface area contributed by atoms with Gasteiger partial charge in [0.15, 0.2) is 0 Å². The Morgan fingerprint density at radius 1 is 0.661 bits per heavy atom. The number of allylic oxidation sites excluding steroid dienone is 2. The second kappa shape index (κ2) is 19.3. The number of hydrogen-bond acceptors (Lipinski definition) is 7. The Hall–Kier alpha value is -4.84. The third-order valence-electron chi connectivity index (χ3n) is 13.3. The van der Waals surface area contributed by atoms with Crippen molar-refractivity contribution in [2.24, 2.45) is 11.8 Å². The molecule has 2 unspecified atom stereocenters. The van der Waals surface area contributed by atoms with Crippen molar-refractivity contribution in [3.05, 3.63) is 164 Å². The highest BCUT2D eigenvalue weighted by atomic mass is 35.5. The number of nitrogens with one attached hydrogen (secondary N) is 1. The number of aromatic nitrogens is 6. The van der Waals surface area contributed by atoms with E-state index in [-0.39, 0.29) is 13.3 Å². The van der Waals surface area contributed by atoms with Gasteiger partial charge in [0.05, 0.1) is 11.4 Å². The number of fused-ring (bicyclic) bond motifs is 4. The SMILES string of the molecule is C.CB(O)N1CCC(C2c3ccc(Cl)cc3C(Cn3ccnc3C)=Cc3cccnc32)CC1.Cc1nccn1CC1=Cc2cccnc2C(C2CCNCC2)c2ccc(Cl)cc21. The van der Waals surface area contributed by atoms with Gasteiger partial charge in [-0.25, -0.2) is 9.97 Å². The zero-order valence-electron chi connectivity index (χ0n) is 35.2. The normalized spacial score (nSPS) is 18.9. The van der Waals surface area contributed by atoms with Crippen LogP contribution in [0.5, 0.6) is 0 Å². The van der Waals surface area contributed by atoms with Crippen LogP contribution < -0.4 is 5.32 Å². The van der Waals surface area contributed by atoms with Crippen molar-refractivity contribution < 1.29 is 5.02 Å². The summed E-state index contributed by atoms with van der Waals surface area (Å²) in [6.45, 7) is 11.4. The molecule has 2 aliphatic heterocycles. The number of rotatable bonds is 7. The highest BCUT2D eigenvalue weighted by molar-refractivity contribution is 6.45. The second-order valence-electron chi connectivity index (χ2n) is 17.0. The van der Waals surface area contributed by atoms with E-state index in [9.17, 15) is 5.02 Å². The molecule has 6 heterocycles. The maximum absolute atomic E-state index is 10.0. The first kappa shape index (κ1) is 43.8. The fraction of sp³-hybridized carbons (Fsp3) is 0.360. The van der Waals surface area contributed by atoms with Crippen molar-refractivity contribution in [2.75, 3.05) is 26.2 Å². The number of halogens is 2. The van der Waals surface area contributed by atoms with Crippen LogP contribution in [0.4, 0.5) is 0 Å². The van der Waals surface area contributed by atoms with Crippen molar-refractivity contribution in [3.63, 3.8) is 0 Å². The highest BCUT2D eigenvalue weighted by Crippen LogP contribution is 2.46. The Bertz CT molecular complexity index is 2570. The molecule has 2 aromatic carbocycles. The number of pyridine rings is 2. The molecule has 2 fully saturated rings. The molecule has 0 spiro atoms. The molecule has 2 aliphatic carbocycles. The summed E-state index contributed by atoms with van der Waals surface area (Å²) in [5, 5.41) is 15.1. The van der Waals surface area contributed by atoms with E-state index in [0.29, 0.717) is 17.8 Å². The Morgan fingerprint density at radius 2 is 1.13 bits per heavy atom. The van der Waals surface area contributed by atoms with E-state index >= 15 is 0 Å². The van der Waals surface area contributed by atoms with Crippen LogP contribution in [0.15, 0.2) is 97.8 Å². The summed E-state index contributed by atoms with van der Waals surface area (Å²) in [5.41, 5.74) is 12.3. The van der Waals surface area contributed by atoms with Crippen LogP contribution in [0.25, 0.3) is 23.3 Å². The fourth-order valence-electron chi connectivity index (χ4n) is 10.1. The minimum Gasteiger partial charge on any atom is -0.437 e. The molecule has 12 heteroatoms. The van der Waals surface area contributed by atoms with E-state index in [1.54, 1.807) is 0 Å². The molecule has 4 aromatic heterocycles. The van der Waals surface area contributed by atoms with Gasteiger partial charge in [-0.15, -0.1) is 0 Å². The standard InChI is InChI=1S/C25H28BClN4O.C24H25ClN4.CH4/c1-17-28-10-13-30(17)16-20-14-19-4-3-9-29-25(19)24(22-6-5-21(27)15-23(20)22)18-7-11-31(12-8-18)26(2)32;1-16-27-11-12-29(16)15-19-13-18-3-2-8-28-24(18)23(17-6-9-26-10-7-17)21-5-4-20(25)14-22(19)21;/h3-6,9-10,13-15,18,24,32H,7-8,11-12,16H2,1-2H3;2-5,8,11-14,17,23,26H,6-7,9-10,15H2,1H3;1H4. The Labute approximate surface area is 377 Å². The number of nitrogens with zero attached hydrogens (tertiary/aromatic N) is 7. The third-order valence-corrected chi connectivity index (χ3v) is 13.8. The minimum absolute atomic E-state index is 0. The Morgan fingerprint density at radius 3 is 1.56 bits per heavy atom. The quantitative estimate of drug-likeness (QED) is 0.154. The van der Waals surface area contributed by atoms with Crippen molar-refractivity contribution in [2.45, 2.75) is 78.7 Å². The summed E-state index contributed by atoms with van der Waals surface area (Å²) in [4.78, 5) is 20.8. The van der Waals surface area contributed by atoms with Gasteiger partial charge in [-0.05, 0) is 177 Å². The molecule has 4 aliphatic rings. The predicted molar refractivity (Wildman–Crippen MR) is 255 cm³/mol. The summed E-state index contributed by atoms with van der Waals surface area (Å²) in [6.07, 6.45) is 20.6. The Balaban J connectivity index is 0.000000169. The van der Waals surface area contributed by atoms with E-state index in [0.717, 1.165) is 79.5 Å². The van der Waals surface area contributed by atoms with E-state index in [1.807, 2.05) is 82.1 Å². The molecule has 9 nitrogen and oxygen atoms in total. The van der Waals surface area contributed by atoms with Gasteiger partial charge in [0.1, 0.15) is 11.6 Å². The fourth-order valence-corrected chi connectivity index (χ4v) is 10.5. The summed E-state index contributed by atoms with van der Waals surface area (Å²) in [5.74, 6) is 3.53. The lowest BCUT2D eigenvalue weighted by atomic mass is 9.73. The van der Waals surface area contributed by atoms with E-state index in [4.69, 9.17) is 33.2 Å². The smallest absolute Gasteiger partial charge is 0.376 e. The number of benzene rings is 2. The molecule has 2 N–H and O–H groups in total. The van der Waals surface area contributed by atoms with Crippen LogP contribution in [0.3, 0.4) is 0 Å². The van der Waals surface area contributed by atoms with Gasteiger partial charge < -0.3 is 24.3 Å². The molecule has 0 saturated carbocycles. The molecule has 0 bridgehead atoms. The number of imidazole rings is 2. The minimum atomic E-state index is -0.395. The van der Waals surface area contributed by atoms with Gasteiger partial charge in [-0.1, -0.05) is 54.9 Å². The summed E-state index contributed by atoms with van der Waals surface area (Å²) in [7, 11) is -0.395. The molecule has 0 amide bonds. The van der Waals surface area contributed by atoms with Gasteiger partial charge in [0, 0.05) is 72.2 Å². The van der Waals surface area contributed by atoms with Gasteiger partial charge in [0.25, 0.3) is 0 Å². The maximum atomic E-state index is 10.0. The predicted octanol–water partition coefficient (Wildman–Crippen LogP) is 10.3. The Kier molecular flexibility index (Phi) is 13.6. The van der Waals surface area contributed by atoms with Crippen LogP contribution in [0, 0.1) is 25.7 Å². The monoisotopic (exact) mass is 866 g/mol. The van der Waals surface area contributed by atoms with Crippen molar-refractivity contribution in [1.82, 2.24) is 39.2 Å². The molecule has 2 atom stereocenters. The first-order valence-corrected chi connectivity index (χ1v) is 22.5. The average molecular weight is 868 g/mol. The third kappa shape index (κ3) is 9.13. The number of piperidine rings is 2. The van der Waals surface area contributed by atoms with Gasteiger partial charge in [0.2, 0.25) is 0 Å². The van der Waals surface area contributed by atoms with E-state index < -0.39 is 7.05 Å². The topological polar surface area (TPSA) is 96.9 Å². The van der Waals surface area contributed by atoms with Crippen molar-refractivity contribution >= 4 is 53.6 Å². The summed E-state index contributed by atoms with van der Waals surface area (Å²) in [6, 6.07) is 21.1. The molecule has 2 saturated heterocycles. The first-order chi connectivity index (χ1) is 29.7. The largest absolute Gasteiger partial charge is 0.437 e. The number of aryl methyl sites for hydroxylation is 2. The average Bonchev–Trinajstić information content (AvgIpc) is 3.81.